The van der Waals surface area contributed by atoms with E-state index < -0.39 is 0 Å². The molecule has 0 bridgehead atoms. The van der Waals surface area contributed by atoms with Gasteiger partial charge in [0, 0.05) is 11.8 Å². The maximum absolute atomic E-state index is 12.4. The minimum Gasteiger partial charge on any atom is -0.349 e. The first-order valence-electron chi connectivity index (χ1n) is 7.81. The highest BCUT2D eigenvalue weighted by Gasteiger charge is 2.25. The third kappa shape index (κ3) is 3.79. The summed E-state index contributed by atoms with van der Waals surface area (Å²) in [5.74, 6) is -0.152. The number of rotatable bonds is 5. The van der Waals surface area contributed by atoms with E-state index in [0.717, 1.165) is 17.7 Å². The van der Waals surface area contributed by atoms with Gasteiger partial charge in [0.05, 0.1) is 18.5 Å². The lowest BCUT2D eigenvalue weighted by Crippen LogP contribution is -2.33. The minimum atomic E-state index is -0.260. The fourth-order valence-electron chi connectivity index (χ4n) is 3.10. The number of hydrogen-bond acceptors (Lipinski definition) is 3. The highest BCUT2D eigenvalue weighted by Crippen LogP contribution is 2.31. The van der Waals surface area contributed by atoms with E-state index in [1.54, 1.807) is 11.3 Å². The molecule has 0 fully saturated rings. The molecular weight excluding hydrogens is 308 g/mol. The Kier molecular flexibility index (Phi) is 4.76. The first-order valence-corrected chi connectivity index (χ1v) is 8.69. The van der Waals surface area contributed by atoms with Crippen LogP contribution in [0, 0.1) is 0 Å². The fraction of sp³-hybridized carbons (Fsp3) is 0.333. The zero-order valence-electron chi connectivity index (χ0n) is 13.0. The van der Waals surface area contributed by atoms with Gasteiger partial charge in [0.25, 0.3) is 0 Å². The van der Waals surface area contributed by atoms with Gasteiger partial charge in [-0.1, -0.05) is 30.3 Å². The predicted molar refractivity (Wildman–Crippen MR) is 91.1 cm³/mol. The third-order valence-electron chi connectivity index (χ3n) is 4.12. The number of thiophene rings is 1. The van der Waals surface area contributed by atoms with Gasteiger partial charge in [0.15, 0.2) is 0 Å². The lowest BCUT2D eigenvalue weighted by molar-refractivity contribution is -0.123. The van der Waals surface area contributed by atoms with Crippen LogP contribution in [0.15, 0.2) is 41.8 Å². The lowest BCUT2D eigenvalue weighted by Gasteiger charge is -2.19. The molecule has 0 radical (unpaired) electrons. The first kappa shape index (κ1) is 15.7. The largest absolute Gasteiger partial charge is 0.349 e. The zero-order valence-corrected chi connectivity index (χ0v) is 13.9. The Bertz CT molecular complexity index is 697. The molecule has 0 spiro atoms. The van der Waals surface area contributed by atoms with Crippen LogP contribution in [0.3, 0.4) is 0 Å². The standard InChI is InChI=1S/C18H20N2O2S/c1-12(21)19-16(17-7-4-10-23-17)11-18(22)20-15-9-8-13-5-2-3-6-14(13)15/h2-7,10,15-16H,8-9,11H2,1H3,(H,19,21)(H,20,22). The fourth-order valence-corrected chi connectivity index (χ4v) is 3.88. The minimum absolute atomic E-state index is 0.0288. The molecule has 1 aromatic carbocycles. The number of carbonyl (C=O) groups excluding carboxylic acids is 2. The molecule has 2 aromatic rings. The summed E-state index contributed by atoms with van der Waals surface area (Å²) in [7, 11) is 0. The van der Waals surface area contributed by atoms with Crippen molar-refractivity contribution < 1.29 is 9.59 Å². The number of hydrogen-bond donors (Lipinski definition) is 2. The molecule has 0 saturated carbocycles. The van der Waals surface area contributed by atoms with E-state index in [2.05, 4.69) is 22.8 Å². The van der Waals surface area contributed by atoms with Gasteiger partial charge >= 0.3 is 0 Å². The van der Waals surface area contributed by atoms with Gasteiger partial charge in [-0.05, 0) is 35.4 Å². The Hall–Kier alpha value is -2.14. The van der Waals surface area contributed by atoms with E-state index in [0.29, 0.717) is 0 Å². The van der Waals surface area contributed by atoms with Crippen LogP contribution in [0.4, 0.5) is 0 Å². The molecule has 1 heterocycles. The van der Waals surface area contributed by atoms with Crippen LogP contribution in [-0.4, -0.2) is 11.8 Å². The van der Waals surface area contributed by atoms with Crippen LogP contribution in [-0.2, 0) is 16.0 Å². The summed E-state index contributed by atoms with van der Waals surface area (Å²) in [4.78, 5) is 24.8. The molecule has 2 N–H and O–H groups in total. The Labute approximate surface area is 139 Å². The second kappa shape index (κ2) is 6.96. The van der Waals surface area contributed by atoms with Crippen LogP contribution in [0.5, 0.6) is 0 Å². The van der Waals surface area contributed by atoms with Gasteiger partial charge in [-0.2, -0.15) is 0 Å². The van der Waals surface area contributed by atoms with Gasteiger partial charge < -0.3 is 10.6 Å². The van der Waals surface area contributed by atoms with Crippen LogP contribution >= 0.6 is 11.3 Å². The molecule has 23 heavy (non-hydrogen) atoms. The van der Waals surface area contributed by atoms with Gasteiger partial charge in [-0.15, -0.1) is 11.3 Å². The highest BCUT2D eigenvalue weighted by atomic mass is 32.1. The monoisotopic (exact) mass is 328 g/mol. The molecule has 3 rings (SSSR count). The van der Waals surface area contributed by atoms with Gasteiger partial charge in [0.1, 0.15) is 0 Å². The summed E-state index contributed by atoms with van der Waals surface area (Å²) in [5, 5.41) is 7.94. The molecule has 1 aliphatic rings. The molecule has 120 valence electrons. The summed E-state index contributed by atoms with van der Waals surface area (Å²) in [5.41, 5.74) is 2.53. The Balaban J connectivity index is 1.65. The van der Waals surface area contributed by atoms with E-state index in [4.69, 9.17) is 0 Å². The summed E-state index contributed by atoms with van der Waals surface area (Å²) in [6, 6.07) is 11.9. The van der Waals surface area contributed by atoms with Gasteiger partial charge in [0.2, 0.25) is 11.8 Å². The van der Waals surface area contributed by atoms with Crippen molar-refractivity contribution in [1.29, 1.82) is 0 Å². The van der Waals surface area contributed by atoms with Crippen molar-refractivity contribution in [2.24, 2.45) is 0 Å². The van der Waals surface area contributed by atoms with Crippen LogP contribution in [0.2, 0.25) is 0 Å². The van der Waals surface area contributed by atoms with E-state index in [1.165, 1.54) is 18.1 Å². The first-order chi connectivity index (χ1) is 11.1. The topological polar surface area (TPSA) is 58.2 Å². The number of aryl methyl sites for hydroxylation is 1. The lowest BCUT2D eigenvalue weighted by atomic mass is 10.1. The SMILES string of the molecule is CC(=O)NC(CC(=O)NC1CCc2ccccc21)c1cccs1. The average Bonchev–Trinajstić information content (AvgIpc) is 3.16. The Morgan fingerprint density at radius 2 is 2.09 bits per heavy atom. The summed E-state index contributed by atoms with van der Waals surface area (Å²) in [6.45, 7) is 1.48. The maximum Gasteiger partial charge on any atom is 0.222 e. The molecule has 5 heteroatoms. The van der Waals surface area contributed by atoms with Crippen molar-refractivity contribution in [3.05, 3.63) is 57.8 Å². The Morgan fingerprint density at radius 3 is 2.83 bits per heavy atom. The van der Waals surface area contributed by atoms with E-state index in [1.807, 2.05) is 29.6 Å². The van der Waals surface area contributed by atoms with Crippen molar-refractivity contribution in [2.45, 2.75) is 38.3 Å². The quantitative estimate of drug-likeness (QED) is 0.886. The maximum atomic E-state index is 12.4. The number of amides is 2. The predicted octanol–water partition coefficient (Wildman–Crippen LogP) is 3.12. The second-order valence-electron chi connectivity index (χ2n) is 5.83. The molecular formula is C18H20N2O2S. The molecule has 4 nitrogen and oxygen atoms in total. The third-order valence-corrected chi connectivity index (χ3v) is 5.11. The van der Waals surface area contributed by atoms with E-state index >= 15 is 0 Å². The van der Waals surface area contributed by atoms with E-state index in [9.17, 15) is 9.59 Å². The van der Waals surface area contributed by atoms with Crippen molar-refractivity contribution in [1.82, 2.24) is 10.6 Å². The highest BCUT2D eigenvalue weighted by molar-refractivity contribution is 7.10. The molecule has 1 aliphatic carbocycles. The van der Waals surface area contributed by atoms with E-state index in [-0.39, 0.29) is 30.3 Å². The van der Waals surface area contributed by atoms with Crippen LogP contribution < -0.4 is 10.6 Å². The number of fused-ring (bicyclic) bond motifs is 1. The van der Waals surface area contributed by atoms with Crippen molar-refractivity contribution in [3.8, 4) is 0 Å². The molecule has 0 aliphatic heterocycles. The summed E-state index contributed by atoms with van der Waals surface area (Å²) in [6.07, 6.45) is 2.20. The summed E-state index contributed by atoms with van der Waals surface area (Å²) >= 11 is 1.55. The van der Waals surface area contributed by atoms with Gasteiger partial charge in [-0.25, -0.2) is 0 Å². The number of benzene rings is 1. The molecule has 2 atom stereocenters. The zero-order chi connectivity index (χ0) is 16.2. The summed E-state index contributed by atoms with van der Waals surface area (Å²) < 4.78 is 0. The van der Waals surface area contributed by atoms with Crippen LogP contribution in [0.1, 0.15) is 47.9 Å². The Morgan fingerprint density at radius 1 is 1.26 bits per heavy atom. The van der Waals surface area contributed by atoms with Crippen LogP contribution in [0.25, 0.3) is 0 Å². The smallest absolute Gasteiger partial charge is 0.222 e. The molecule has 0 saturated heterocycles. The van der Waals surface area contributed by atoms with Crippen molar-refractivity contribution >= 4 is 23.2 Å². The number of carbonyl (C=O) groups is 2. The molecule has 2 amide bonds. The normalized spacial score (nSPS) is 17.3. The van der Waals surface area contributed by atoms with Crippen molar-refractivity contribution in [3.63, 3.8) is 0 Å². The molecule has 1 aromatic heterocycles. The average molecular weight is 328 g/mol. The molecule has 2 unspecified atom stereocenters. The number of nitrogens with one attached hydrogen (secondary N) is 2. The second-order valence-corrected chi connectivity index (χ2v) is 6.81. The van der Waals surface area contributed by atoms with Crippen molar-refractivity contribution in [2.75, 3.05) is 0 Å². The van der Waals surface area contributed by atoms with Gasteiger partial charge in [-0.3, -0.25) is 9.59 Å².